The second-order valence-electron chi connectivity index (χ2n) is 6.34. The van der Waals surface area contributed by atoms with Crippen molar-refractivity contribution in [2.24, 2.45) is 7.05 Å². The number of piperazine rings is 1. The first kappa shape index (κ1) is 19.6. The summed E-state index contributed by atoms with van der Waals surface area (Å²) >= 11 is 0. The molecule has 1 aromatic carbocycles. The maximum Gasteiger partial charge on any atom is 0.416 e. The second-order valence-corrected chi connectivity index (χ2v) is 6.34. The predicted molar refractivity (Wildman–Crippen MR) is 92.7 cm³/mol. The Kier molecular flexibility index (Phi) is 5.21. The van der Waals surface area contributed by atoms with E-state index in [1.54, 1.807) is 0 Å². The highest BCUT2D eigenvalue weighted by molar-refractivity contribution is 5.95. The number of rotatable bonds is 2. The Hall–Kier alpha value is -3.17. The third-order valence-corrected chi connectivity index (χ3v) is 4.49. The minimum atomic E-state index is -4.46. The molecule has 0 N–H and O–H groups in total. The molecule has 2 aromatic rings. The zero-order valence-corrected chi connectivity index (χ0v) is 14.9. The standard InChI is InChI=1S/C18H17F3N4O3/c1-23-15(26)7-6-14(22-23)17(28)25-10-8-24(9-11-25)16(27)12-2-4-13(5-3-12)18(19,20)21/h2-7H,8-11H2,1H3. The third kappa shape index (κ3) is 4.05. The molecule has 1 aromatic heterocycles. The maximum absolute atomic E-state index is 12.6. The lowest BCUT2D eigenvalue weighted by atomic mass is 10.1. The topological polar surface area (TPSA) is 75.5 Å². The zero-order valence-electron chi connectivity index (χ0n) is 14.9. The molecule has 0 spiro atoms. The van der Waals surface area contributed by atoms with Gasteiger partial charge in [-0.1, -0.05) is 0 Å². The van der Waals surface area contributed by atoms with Crippen molar-refractivity contribution in [1.29, 1.82) is 0 Å². The highest BCUT2D eigenvalue weighted by atomic mass is 19.4. The fraction of sp³-hybridized carbons (Fsp3) is 0.333. The highest BCUT2D eigenvalue weighted by Gasteiger charge is 2.31. The largest absolute Gasteiger partial charge is 0.416 e. The van der Waals surface area contributed by atoms with E-state index in [1.165, 1.54) is 29.0 Å². The number of amides is 2. The van der Waals surface area contributed by atoms with Crippen molar-refractivity contribution in [3.8, 4) is 0 Å². The van der Waals surface area contributed by atoms with E-state index >= 15 is 0 Å². The molecule has 1 saturated heterocycles. The average molecular weight is 394 g/mol. The number of aryl methyl sites for hydroxylation is 1. The molecule has 0 aliphatic carbocycles. The molecule has 28 heavy (non-hydrogen) atoms. The van der Waals surface area contributed by atoms with Gasteiger partial charge < -0.3 is 9.80 Å². The van der Waals surface area contributed by atoms with Gasteiger partial charge in [-0.2, -0.15) is 18.3 Å². The van der Waals surface area contributed by atoms with Crippen LogP contribution in [0.1, 0.15) is 26.4 Å². The van der Waals surface area contributed by atoms with Crippen LogP contribution in [-0.4, -0.2) is 57.6 Å². The molecule has 2 heterocycles. The fourth-order valence-electron chi connectivity index (χ4n) is 2.88. The van der Waals surface area contributed by atoms with Crippen molar-refractivity contribution >= 4 is 11.8 Å². The molecule has 1 aliphatic heterocycles. The van der Waals surface area contributed by atoms with Gasteiger partial charge >= 0.3 is 6.18 Å². The molecule has 1 aliphatic rings. The lowest BCUT2D eigenvalue weighted by Gasteiger charge is -2.34. The number of aromatic nitrogens is 2. The van der Waals surface area contributed by atoms with Crippen LogP contribution in [0.15, 0.2) is 41.2 Å². The summed E-state index contributed by atoms with van der Waals surface area (Å²) in [4.78, 5) is 39.3. The van der Waals surface area contributed by atoms with E-state index in [0.717, 1.165) is 28.9 Å². The molecule has 2 amide bonds. The summed E-state index contributed by atoms with van der Waals surface area (Å²) in [6.45, 7) is 1.01. The first-order valence-corrected chi connectivity index (χ1v) is 8.47. The number of hydrogen-bond acceptors (Lipinski definition) is 4. The number of hydrogen-bond donors (Lipinski definition) is 0. The Morgan fingerprint density at radius 2 is 1.43 bits per heavy atom. The number of carbonyl (C=O) groups excluding carboxylic acids is 2. The van der Waals surface area contributed by atoms with Gasteiger partial charge in [-0.15, -0.1) is 0 Å². The van der Waals surface area contributed by atoms with E-state index in [-0.39, 0.29) is 54.8 Å². The van der Waals surface area contributed by atoms with Gasteiger partial charge in [-0.25, -0.2) is 4.68 Å². The summed E-state index contributed by atoms with van der Waals surface area (Å²) in [6, 6.07) is 6.65. The van der Waals surface area contributed by atoms with Gasteiger partial charge in [0.1, 0.15) is 5.69 Å². The minimum absolute atomic E-state index is 0.129. The van der Waals surface area contributed by atoms with E-state index in [1.807, 2.05) is 0 Å². The number of alkyl halides is 3. The lowest BCUT2D eigenvalue weighted by Crippen LogP contribution is -2.50. The molecule has 10 heteroatoms. The SMILES string of the molecule is Cn1nc(C(=O)N2CCN(C(=O)c3ccc(C(F)(F)F)cc3)CC2)ccc1=O. The van der Waals surface area contributed by atoms with E-state index in [9.17, 15) is 27.6 Å². The first-order chi connectivity index (χ1) is 13.2. The van der Waals surface area contributed by atoms with Gasteiger partial charge in [0.2, 0.25) is 0 Å². The van der Waals surface area contributed by atoms with Crippen molar-refractivity contribution in [2.75, 3.05) is 26.2 Å². The smallest absolute Gasteiger partial charge is 0.335 e. The van der Waals surface area contributed by atoms with Crippen molar-refractivity contribution in [3.63, 3.8) is 0 Å². The summed E-state index contributed by atoms with van der Waals surface area (Å²) in [7, 11) is 1.44. The van der Waals surface area contributed by atoms with Crippen LogP contribution in [-0.2, 0) is 13.2 Å². The van der Waals surface area contributed by atoms with Crippen molar-refractivity contribution < 1.29 is 22.8 Å². The first-order valence-electron chi connectivity index (χ1n) is 8.47. The molecule has 0 unspecified atom stereocenters. The molecule has 0 radical (unpaired) electrons. The summed E-state index contributed by atoms with van der Waals surface area (Å²) in [6.07, 6.45) is -4.46. The lowest BCUT2D eigenvalue weighted by molar-refractivity contribution is -0.137. The van der Waals surface area contributed by atoms with Crippen molar-refractivity contribution in [2.45, 2.75) is 6.18 Å². The Balaban J connectivity index is 1.63. The summed E-state index contributed by atoms with van der Waals surface area (Å²) < 4.78 is 38.9. The van der Waals surface area contributed by atoms with Crippen LogP contribution in [0, 0.1) is 0 Å². The van der Waals surface area contributed by atoms with Crippen LogP contribution in [0.2, 0.25) is 0 Å². The Morgan fingerprint density at radius 3 is 1.93 bits per heavy atom. The van der Waals surface area contributed by atoms with Gasteiger partial charge in [-0.05, 0) is 30.3 Å². The number of benzene rings is 1. The van der Waals surface area contributed by atoms with E-state index < -0.39 is 11.7 Å². The summed E-state index contributed by atoms with van der Waals surface area (Å²) in [5.74, 6) is -0.738. The number of carbonyl (C=O) groups is 2. The molecule has 148 valence electrons. The highest BCUT2D eigenvalue weighted by Crippen LogP contribution is 2.29. The summed E-state index contributed by atoms with van der Waals surface area (Å²) in [5, 5.41) is 3.92. The van der Waals surface area contributed by atoms with Gasteiger partial charge in [0.15, 0.2) is 0 Å². The maximum atomic E-state index is 12.6. The number of halogens is 3. The van der Waals surface area contributed by atoms with E-state index in [0.29, 0.717) is 0 Å². The minimum Gasteiger partial charge on any atom is -0.335 e. The third-order valence-electron chi connectivity index (χ3n) is 4.49. The van der Waals surface area contributed by atoms with Crippen molar-refractivity contribution in [3.05, 3.63) is 63.6 Å². The van der Waals surface area contributed by atoms with Crippen LogP contribution in [0.25, 0.3) is 0 Å². The summed E-state index contributed by atoms with van der Waals surface area (Å²) in [5.41, 5.74) is -0.857. The number of nitrogens with zero attached hydrogens (tertiary/aromatic N) is 4. The van der Waals surface area contributed by atoms with Crippen LogP contribution >= 0.6 is 0 Å². The fourth-order valence-corrected chi connectivity index (χ4v) is 2.88. The molecule has 3 rings (SSSR count). The van der Waals surface area contributed by atoms with Crippen LogP contribution in [0.5, 0.6) is 0 Å². The molecular weight excluding hydrogens is 377 g/mol. The molecule has 1 fully saturated rings. The predicted octanol–water partition coefficient (Wildman–Crippen LogP) is 1.40. The molecule has 0 saturated carbocycles. The van der Waals surface area contributed by atoms with Crippen molar-refractivity contribution in [1.82, 2.24) is 19.6 Å². The molecular formula is C18H17F3N4O3. The van der Waals surface area contributed by atoms with Crippen LogP contribution in [0.3, 0.4) is 0 Å². The van der Waals surface area contributed by atoms with E-state index in [4.69, 9.17) is 0 Å². The molecule has 0 bridgehead atoms. The van der Waals surface area contributed by atoms with Gasteiger partial charge in [0.05, 0.1) is 5.56 Å². The normalized spacial score (nSPS) is 14.9. The quantitative estimate of drug-likeness (QED) is 0.772. The Morgan fingerprint density at radius 1 is 0.893 bits per heavy atom. The van der Waals surface area contributed by atoms with E-state index in [2.05, 4.69) is 5.10 Å². The molecule has 0 atom stereocenters. The average Bonchev–Trinajstić information content (AvgIpc) is 2.68. The van der Waals surface area contributed by atoms with Crippen LogP contribution < -0.4 is 5.56 Å². The second kappa shape index (κ2) is 7.45. The molecule has 7 nitrogen and oxygen atoms in total. The van der Waals surface area contributed by atoms with Gasteiger partial charge in [0.25, 0.3) is 17.4 Å². The van der Waals surface area contributed by atoms with Gasteiger partial charge in [-0.3, -0.25) is 14.4 Å². The monoisotopic (exact) mass is 394 g/mol. The Labute approximate surface area is 158 Å². The van der Waals surface area contributed by atoms with Gasteiger partial charge in [0, 0.05) is 44.9 Å². The Bertz CT molecular complexity index is 946. The van der Waals surface area contributed by atoms with Crippen LogP contribution in [0.4, 0.5) is 13.2 Å². The zero-order chi connectivity index (χ0) is 20.5.